The van der Waals surface area contributed by atoms with E-state index in [1.807, 2.05) is 0 Å². The molecule has 0 aliphatic heterocycles. The topological polar surface area (TPSA) is 60.4 Å². The van der Waals surface area contributed by atoms with Crippen molar-refractivity contribution in [3.63, 3.8) is 0 Å². The Morgan fingerprint density at radius 1 is 1.09 bits per heavy atom. The number of ketones is 1. The van der Waals surface area contributed by atoms with Gasteiger partial charge in [-0.15, -0.1) is 0 Å². The van der Waals surface area contributed by atoms with E-state index in [1.54, 1.807) is 0 Å². The van der Waals surface area contributed by atoms with Crippen molar-refractivity contribution in [2.45, 2.75) is 13.8 Å². The van der Waals surface area contributed by atoms with E-state index in [4.69, 9.17) is 0 Å². The third-order valence-corrected chi connectivity index (χ3v) is 0.524. The van der Waals surface area contributed by atoms with Crippen LogP contribution in [0.1, 0.15) is 13.8 Å². The van der Waals surface area contributed by atoms with E-state index in [2.05, 4.69) is 4.74 Å². The first-order valence-electron chi connectivity index (χ1n) is 2.27. The first-order valence-corrected chi connectivity index (χ1v) is 2.27. The first-order chi connectivity index (χ1) is 4.04. The Kier molecular flexibility index (Phi) is 13.9. The molecule has 0 heterocycles. The fourth-order valence-electron chi connectivity index (χ4n) is 0.202. The number of Topliss-reactive ketones (excluding diaryl/α,β-unsaturated/α-hetero) is 1. The van der Waals surface area contributed by atoms with Gasteiger partial charge in [-0.05, 0) is 0 Å². The molecule has 6 heteroatoms. The predicted molar refractivity (Wildman–Crippen MR) is 45.9 cm³/mol. The summed E-state index contributed by atoms with van der Waals surface area (Å²) < 4.78 is 3.88. The van der Waals surface area contributed by atoms with Gasteiger partial charge in [0.2, 0.25) is 5.78 Å². The molecule has 0 aromatic rings. The zero-order valence-corrected chi connectivity index (χ0v) is 5.13. The van der Waals surface area contributed by atoms with Crippen molar-refractivity contribution in [1.29, 1.82) is 0 Å². The molecular weight excluding hydrogens is 191 g/mol. The average molecular weight is 202 g/mol. The summed E-state index contributed by atoms with van der Waals surface area (Å²) in [7, 11) is 0. The monoisotopic (exact) mass is 202 g/mol. The number of esters is 2. The predicted octanol–water partition coefficient (Wildman–Crippen LogP) is -2.44. The number of rotatable bonds is 1. The van der Waals surface area contributed by atoms with Crippen LogP contribution in [0.4, 0.5) is 0 Å². The fourth-order valence-corrected chi connectivity index (χ4v) is 0.202. The summed E-state index contributed by atoms with van der Waals surface area (Å²) in [5, 5.41) is 0. The van der Waals surface area contributed by atoms with Crippen molar-refractivity contribution < 1.29 is 19.1 Å². The van der Waals surface area contributed by atoms with Gasteiger partial charge in [-0.2, -0.15) is 0 Å². The molecule has 0 aliphatic carbocycles. The van der Waals surface area contributed by atoms with Gasteiger partial charge in [0.05, 0.1) is 0 Å². The number of hydrogen-bond donors (Lipinski definition) is 0. The second-order valence-corrected chi connectivity index (χ2v) is 1.44. The normalized spacial score (nSPS) is 6.73. The van der Waals surface area contributed by atoms with Crippen molar-refractivity contribution in [2.24, 2.45) is 0 Å². The van der Waals surface area contributed by atoms with Crippen LogP contribution in [0, 0.1) is 0 Å². The molecule has 0 N–H and O–H groups in total. The van der Waals surface area contributed by atoms with Crippen molar-refractivity contribution >= 4 is 72.8 Å². The van der Waals surface area contributed by atoms with Crippen LogP contribution in [0.5, 0.6) is 0 Å². The molecule has 60 valence electrons. The van der Waals surface area contributed by atoms with Gasteiger partial charge >= 0.3 is 49.7 Å². The second kappa shape index (κ2) is 8.70. The van der Waals surface area contributed by atoms with E-state index >= 15 is 0 Å². The first kappa shape index (κ1) is 17.6. The minimum absolute atomic E-state index is 0. The molecule has 0 bridgehead atoms. The fraction of sp³-hybridized carbons (Fsp3) is 0.400. The Morgan fingerprint density at radius 2 is 1.45 bits per heavy atom. The summed E-state index contributed by atoms with van der Waals surface area (Å²) in [6.45, 7) is 2.09. The molecular formula is C5H11AlCaO4. The second-order valence-electron chi connectivity index (χ2n) is 1.44. The van der Waals surface area contributed by atoms with Crippen molar-refractivity contribution in [3.8, 4) is 0 Å². The van der Waals surface area contributed by atoms with Gasteiger partial charge in [-0.3, -0.25) is 9.59 Å². The Hall–Kier alpha value is 0.602. The van der Waals surface area contributed by atoms with E-state index in [1.165, 1.54) is 0 Å². The molecule has 4 nitrogen and oxygen atoms in total. The zero-order chi connectivity index (χ0) is 7.44. The van der Waals surface area contributed by atoms with Gasteiger partial charge in [0.1, 0.15) is 0 Å². The van der Waals surface area contributed by atoms with E-state index in [0.29, 0.717) is 0 Å². The Morgan fingerprint density at radius 3 is 1.55 bits per heavy atom. The van der Waals surface area contributed by atoms with Crippen LogP contribution in [-0.4, -0.2) is 72.8 Å². The summed E-state index contributed by atoms with van der Waals surface area (Å²) in [5.41, 5.74) is 0. The summed E-state index contributed by atoms with van der Waals surface area (Å²) >= 11 is 0. The zero-order valence-electron chi connectivity index (χ0n) is 5.13. The third kappa shape index (κ3) is 10.6. The van der Waals surface area contributed by atoms with Crippen LogP contribution in [0.2, 0.25) is 0 Å². The number of hydrogen-bond acceptors (Lipinski definition) is 4. The summed E-state index contributed by atoms with van der Waals surface area (Å²) in [6.07, 6.45) is 0. The van der Waals surface area contributed by atoms with Crippen LogP contribution >= 0.6 is 0 Å². The van der Waals surface area contributed by atoms with Crippen LogP contribution < -0.4 is 0 Å². The Labute approximate surface area is 105 Å². The van der Waals surface area contributed by atoms with Gasteiger partial charge in [-0.25, -0.2) is 4.79 Å². The summed E-state index contributed by atoms with van der Waals surface area (Å²) in [4.78, 5) is 30.2. The van der Waals surface area contributed by atoms with E-state index < -0.39 is 17.7 Å². The molecule has 0 fully saturated rings. The number of carbonyl (C=O) groups excluding carboxylic acids is 3. The Balaban J connectivity index is -0.000000320. The van der Waals surface area contributed by atoms with E-state index in [0.717, 1.165) is 13.8 Å². The third-order valence-electron chi connectivity index (χ3n) is 0.524. The summed E-state index contributed by atoms with van der Waals surface area (Å²) in [5.74, 6) is -2.65. The molecule has 0 rings (SSSR count). The Bertz CT molecular complexity index is 168. The molecule has 0 aliphatic rings. The molecule has 0 aromatic carbocycles. The molecule has 0 spiro atoms. The van der Waals surface area contributed by atoms with E-state index in [-0.39, 0.29) is 55.1 Å². The van der Waals surface area contributed by atoms with Crippen LogP contribution in [0.25, 0.3) is 0 Å². The quantitative estimate of drug-likeness (QED) is 0.205. The minimum atomic E-state index is -1.11. The van der Waals surface area contributed by atoms with Gasteiger partial charge < -0.3 is 4.74 Å². The van der Waals surface area contributed by atoms with Gasteiger partial charge in [0.25, 0.3) is 0 Å². The standard InChI is InChI=1S/C5H6O4.Al.Ca.5H/c1-3(6)5(8)9-4(2)7;;;;;;;/h1-2H3;;;;;;;. The van der Waals surface area contributed by atoms with Crippen molar-refractivity contribution in [3.05, 3.63) is 0 Å². The van der Waals surface area contributed by atoms with Crippen molar-refractivity contribution in [1.82, 2.24) is 0 Å². The van der Waals surface area contributed by atoms with Crippen LogP contribution in [0.15, 0.2) is 0 Å². The number of carbonyl (C=O) groups is 3. The SMILES string of the molecule is CC(=O)OC(=O)C(C)=O.[AlH3].[CaH2]. The van der Waals surface area contributed by atoms with Gasteiger partial charge in [0.15, 0.2) is 17.4 Å². The van der Waals surface area contributed by atoms with Gasteiger partial charge in [0, 0.05) is 13.8 Å². The summed E-state index contributed by atoms with van der Waals surface area (Å²) in [6, 6.07) is 0. The molecule has 0 amide bonds. The molecule has 11 heavy (non-hydrogen) atoms. The number of ether oxygens (including phenoxy) is 1. The average Bonchev–Trinajstić information content (AvgIpc) is 1.63. The van der Waals surface area contributed by atoms with Gasteiger partial charge in [-0.1, -0.05) is 0 Å². The molecule has 0 atom stereocenters. The molecule has 0 unspecified atom stereocenters. The molecule has 0 aromatic heterocycles. The van der Waals surface area contributed by atoms with E-state index in [9.17, 15) is 14.4 Å². The maximum absolute atomic E-state index is 10.2. The maximum atomic E-state index is 10.2. The van der Waals surface area contributed by atoms with Crippen LogP contribution in [-0.2, 0) is 19.1 Å². The van der Waals surface area contributed by atoms with Crippen molar-refractivity contribution in [2.75, 3.05) is 0 Å². The molecule has 0 saturated heterocycles. The molecule has 0 saturated carbocycles. The molecule has 0 radical (unpaired) electrons. The van der Waals surface area contributed by atoms with Crippen LogP contribution in [0.3, 0.4) is 0 Å².